The smallest absolute Gasteiger partial charge is 0.0786 e. The Bertz CT molecular complexity index is 201. The lowest BCUT2D eigenvalue weighted by Crippen LogP contribution is -2.50. The zero-order valence-electron chi connectivity index (χ0n) is 19.0. The van der Waals surface area contributed by atoms with Gasteiger partial charge in [-0.25, -0.2) is 0 Å². The monoisotopic (exact) mass is 387 g/mol. The Morgan fingerprint density at radius 3 is 0.769 bits per heavy atom. The minimum absolute atomic E-state index is 0. The highest BCUT2D eigenvalue weighted by atomic mass is 32.1. The van der Waals surface area contributed by atoms with Crippen LogP contribution in [-0.2, 0) is 13.5 Å². The lowest BCUT2D eigenvalue weighted by atomic mass is 10.1. The molecule has 0 aliphatic rings. The second-order valence-corrected chi connectivity index (χ2v) is 8.48. The van der Waals surface area contributed by atoms with Gasteiger partial charge in [0.2, 0.25) is 0 Å². The molecule has 0 aliphatic heterocycles. The van der Waals surface area contributed by atoms with Crippen molar-refractivity contribution in [1.82, 2.24) is 0 Å². The van der Waals surface area contributed by atoms with E-state index in [9.17, 15) is 0 Å². The minimum Gasteiger partial charge on any atom is -0.813 e. The van der Waals surface area contributed by atoms with Crippen LogP contribution in [0.4, 0.5) is 0 Å². The molecule has 0 unspecified atom stereocenters. The zero-order chi connectivity index (χ0) is 18.6. The highest BCUT2D eigenvalue weighted by molar-refractivity contribution is 7.37. The second kappa shape index (κ2) is 21.6. The second-order valence-electron chi connectivity index (χ2n) is 8.48. The average Bonchev–Trinajstić information content (AvgIpc) is 2.63. The van der Waals surface area contributed by atoms with E-state index in [1.54, 1.807) is 0 Å². The molecule has 0 saturated carbocycles. The van der Waals surface area contributed by atoms with Gasteiger partial charge in [-0.1, -0.05) is 79.1 Å². The molecule has 0 N–H and O–H groups in total. The van der Waals surface area contributed by atoms with E-state index in [1.165, 1.54) is 133 Å². The van der Waals surface area contributed by atoms with Gasteiger partial charge in [-0.2, -0.15) is 0 Å². The summed E-state index contributed by atoms with van der Waals surface area (Å²) in [5.41, 5.74) is 0. The summed E-state index contributed by atoms with van der Waals surface area (Å²) in [6.07, 6.45) is 22.8. The number of rotatable bonds is 20. The SMILES string of the molecule is CCCCCC[N+](CCCCCC)(CCCCCC)CCCCCC.[SH-]. The Morgan fingerprint density at radius 2 is 0.577 bits per heavy atom. The molecule has 0 amide bonds. The number of hydrogen-bond donors (Lipinski definition) is 0. The summed E-state index contributed by atoms with van der Waals surface area (Å²) >= 11 is 0. The molecule has 0 radical (unpaired) electrons. The highest BCUT2D eigenvalue weighted by Crippen LogP contribution is 2.19. The van der Waals surface area contributed by atoms with E-state index >= 15 is 0 Å². The Morgan fingerprint density at radius 1 is 0.346 bits per heavy atom. The molecule has 2 heteroatoms. The zero-order valence-corrected chi connectivity index (χ0v) is 19.9. The predicted molar refractivity (Wildman–Crippen MR) is 125 cm³/mol. The maximum atomic E-state index is 2.34. The van der Waals surface area contributed by atoms with E-state index in [2.05, 4.69) is 27.7 Å². The van der Waals surface area contributed by atoms with Crippen molar-refractivity contribution in [3.63, 3.8) is 0 Å². The van der Waals surface area contributed by atoms with Crippen molar-refractivity contribution in [1.29, 1.82) is 0 Å². The van der Waals surface area contributed by atoms with Crippen molar-refractivity contribution in [2.75, 3.05) is 26.2 Å². The van der Waals surface area contributed by atoms with Gasteiger partial charge < -0.3 is 18.0 Å². The molecular weight excluding hydrogens is 334 g/mol. The number of unbranched alkanes of at least 4 members (excludes halogenated alkanes) is 12. The first-order valence-electron chi connectivity index (χ1n) is 12.1. The Labute approximate surface area is 174 Å². The molecule has 0 aromatic heterocycles. The quantitative estimate of drug-likeness (QED) is 0.0886. The van der Waals surface area contributed by atoms with Crippen LogP contribution in [-0.4, -0.2) is 30.7 Å². The largest absolute Gasteiger partial charge is 0.813 e. The number of thiol groups is 1. The molecule has 0 fully saturated rings. The molecule has 0 aliphatic carbocycles. The number of nitrogens with zero attached hydrogens (tertiary/aromatic N) is 1. The van der Waals surface area contributed by atoms with E-state index in [0.29, 0.717) is 0 Å². The summed E-state index contributed by atoms with van der Waals surface area (Å²) in [6.45, 7) is 15.2. The van der Waals surface area contributed by atoms with Crippen LogP contribution in [0.2, 0.25) is 0 Å². The Balaban J connectivity index is 0. The van der Waals surface area contributed by atoms with Gasteiger partial charge in [-0.3, -0.25) is 0 Å². The van der Waals surface area contributed by atoms with Gasteiger partial charge in [0.25, 0.3) is 0 Å². The van der Waals surface area contributed by atoms with Crippen molar-refractivity contribution in [2.45, 2.75) is 130 Å². The fourth-order valence-electron chi connectivity index (χ4n) is 4.17. The van der Waals surface area contributed by atoms with E-state index in [4.69, 9.17) is 0 Å². The van der Waals surface area contributed by atoms with Crippen LogP contribution >= 0.6 is 0 Å². The third-order valence-electron chi connectivity index (χ3n) is 5.94. The standard InChI is InChI=1S/C24H52N.H2S/c1-5-9-13-17-21-25(22-18-14-10-6-2,23-19-15-11-7-3)24-20-16-12-8-4;/h5-24H2,1-4H3;1H2/q+1;/p-1. The van der Waals surface area contributed by atoms with Crippen LogP contribution < -0.4 is 0 Å². The number of quaternary nitrogens is 1. The predicted octanol–water partition coefficient (Wildman–Crippen LogP) is 7.85. The van der Waals surface area contributed by atoms with Crippen LogP contribution in [0.15, 0.2) is 0 Å². The fraction of sp³-hybridized carbons (Fsp3) is 1.00. The topological polar surface area (TPSA) is 0 Å². The lowest BCUT2D eigenvalue weighted by Gasteiger charge is -2.39. The summed E-state index contributed by atoms with van der Waals surface area (Å²) in [5.74, 6) is 0. The van der Waals surface area contributed by atoms with Gasteiger partial charge in [0.15, 0.2) is 0 Å². The molecule has 0 bridgehead atoms. The summed E-state index contributed by atoms with van der Waals surface area (Å²) < 4.78 is 1.46. The van der Waals surface area contributed by atoms with Crippen LogP contribution in [0.5, 0.6) is 0 Å². The third-order valence-corrected chi connectivity index (χ3v) is 5.94. The third kappa shape index (κ3) is 16.5. The maximum Gasteiger partial charge on any atom is 0.0786 e. The molecule has 0 saturated heterocycles. The molecule has 0 atom stereocenters. The van der Waals surface area contributed by atoms with Crippen molar-refractivity contribution >= 4 is 13.5 Å². The van der Waals surface area contributed by atoms with Crippen LogP contribution in [0, 0.1) is 0 Å². The molecule has 0 aromatic rings. The Kier molecular flexibility index (Phi) is 23.7. The van der Waals surface area contributed by atoms with Gasteiger partial charge in [0.1, 0.15) is 0 Å². The van der Waals surface area contributed by atoms with Gasteiger partial charge in [-0.05, 0) is 51.4 Å². The summed E-state index contributed by atoms with van der Waals surface area (Å²) in [4.78, 5) is 0. The molecule has 1 nitrogen and oxygen atoms in total. The maximum absolute atomic E-state index is 2.34. The molecular formula is C24H53NS. The highest BCUT2D eigenvalue weighted by Gasteiger charge is 2.25. The first-order chi connectivity index (χ1) is 12.2. The van der Waals surface area contributed by atoms with Crippen LogP contribution in [0.1, 0.15) is 130 Å². The summed E-state index contributed by atoms with van der Waals surface area (Å²) in [6, 6.07) is 0. The normalized spacial score (nSPS) is 11.5. The van der Waals surface area contributed by atoms with Gasteiger partial charge in [0, 0.05) is 0 Å². The first-order valence-corrected chi connectivity index (χ1v) is 12.1. The van der Waals surface area contributed by atoms with Crippen molar-refractivity contribution in [3.05, 3.63) is 0 Å². The van der Waals surface area contributed by atoms with Gasteiger partial charge in [0.05, 0.1) is 26.2 Å². The summed E-state index contributed by atoms with van der Waals surface area (Å²) in [7, 11) is 0. The fourth-order valence-corrected chi connectivity index (χ4v) is 4.17. The van der Waals surface area contributed by atoms with Crippen molar-refractivity contribution in [2.24, 2.45) is 0 Å². The van der Waals surface area contributed by atoms with Crippen LogP contribution in [0.3, 0.4) is 0 Å². The van der Waals surface area contributed by atoms with E-state index < -0.39 is 0 Å². The van der Waals surface area contributed by atoms with E-state index in [-0.39, 0.29) is 13.5 Å². The Hall–Kier alpha value is 0.310. The van der Waals surface area contributed by atoms with Gasteiger partial charge in [-0.15, -0.1) is 0 Å². The molecule has 0 spiro atoms. The molecule has 160 valence electrons. The average molecular weight is 388 g/mol. The molecule has 0 rings (SSSR count). The van der Waals surface area contributed by atoms with E-state index in [0.717, 1.165) is 0 Å². The molecule has 26 heavy (non-hydrogen) atoms. The minimum atomic E-state index is 0. The van der Waals surface area contributed by atoms with E-state index in [1.807, 2.05) is 0 Å². The molecule has 0 heterocycles. The first kappa shape index (κ1) is 28.5. The lowest BCUT2D eigenvalue weighted by molar-refractivity contribution is -0.929. The van der Waals surface area contributed by atoms with Crippen molar-refractivity contribution in [3.8, 4) is 0 Å². The molecule has 0 aromatic carbocycles. The number of hydrogen-bond acceptors (Lipinski definition) is 1. The van der Waals surface area contributed by atoms with Gasteiger partial charge >= 0.3 is 0 Å². The van der Waals surface area contributed by atoms with Crippen LogP contribution in [0.25, 0.3) is 0 Å². The van der Waals surface area contributed by atoms with Crippen molar-refractivity contribution < 1.29 is 4.48 Å². The summed E-state index contributed by atoms with van der Waals surface area (Å²) in [5, 5.41) is 0.